The van der Waals surface area contributed by atoms with E-state index < -0.39 is 0 Å². The molecule has 3 heteroatoms. The Balaban J connectivity index is 0.00000484. The van der Waals surface area contributed by atoms with Crippen LogP contribution in [0, 0.1) is 6.92 Å². The normalized spacial score (nSPS) is 12.0. The van der Waals surface area contributed by atoms with Gasteiger partial charge in [-0.15, -0.1) is 0 Å². The molecule has 0 amide bonds. The van der Waals surface area contributed by atoms with Crippen LogP contribution in [0.2, 0.25) is 0 Å². The van der Waals surface area contributed by atoms with E-state index in [2.05, 4.69) is 26.2 Å². The van der Waals surface area contributed by atoms with Crippen LogP contribution < -0.4 is 17.0 Å². The zero-order valence-corrected chi connectivity index (χ0v) is 17.6. The fraction of sp³-hybridized carbons (Fsp3) is 0.700. The minimum absolute atomic E-state index is 0. The first-order chi connectivity index (χ1) is 10.6. The third kappa shape index (κ3) is 10.3. The second-order valence-corrected chi connectivity index (χ2v) is 8.60. The second kappa shape index (κ2) is 14.2. The van der Waals surface area contributed by atoms with Gasteiger partial charge in [0.15, 0.2) is 4.90 Å². The van der Waals surface area contributed by atoms with Crippen molar-refractivity contribution in [2.24, 2.45) is 0 Å². The number of unbranched alkanes of at least 4 members (excludes halogenated alkanes) is 9. The lowest BCUT2D eigenvalue weighted by Gasteiger charge is -2.07. The molecule has 0 heterocycles. The van der Waals surface area contributed by atoms with Crippen LogP contribution in [0.25, 0.3) is 0 Å². The zero-order chi connectivity index (χ0) is 16.2. The van der Waals surface area contributed by atoms with Crippen molar-refractivity contribution in [2.45, 2.75) is 83.0 Å². The SMILES string of the molecule is CCCCCCCCCCCC[S+](C)c1ccc(O)cc1C.[Br-]. The van der Waals surface area contributed by atoms with Crippen LogP contribution in [-0.2, 0) is 10.9 Å². The maximum atomic E-state index is 9.49. The summed E-state index contributed by atoms with van der Waals surface area (Å²) in [6.07, 6.45) is 16.4. The average Bonchev–Trinajstić information content (AvgIpc) is 2.49. The van der Waals surface area contributed by atoms with Gasteiger partial charge in [-0.1, -0.05) is 58.3 Å². The summed E-state index contributed by atoms with van der Waals surface area (Å²) < 4.78 is 0. The Morgan fingerprint density at radius 2 is 1.39 bits per heavy atom. The molecule has 0 saturated carbocycles. The summed E-state index contributed by atoms with van der Waals surface area (Å²) in [5.74, 6) is 1.68. The standard InChI is InChI=1S/C20H34OS.BrH/c1-4-5-6-7-8-9-10-11-12-13-16-22(3)20-15-14-19(21)17-18(20)2;/h14-15,17H,4-13,16H2,1-3H3;1H. The molecule has 0 spiro atoms. The number of benzene rings is 1. The summed E-state index contributed by atoms with van der Waals surface area (Å²) in [7, 11) is 0.323. The van der Waals surface area contributed by atoms with Gasteiger partial charge in [0.1, 0.15) is 17.8 Å². The van der Waals surface area contributed by atoms with E-state index >= 15 is 0 Å². The first kappa shape index (κ1) is 22.9. The number of phenolic OH excluding ortho intramolecular Hbond substituents is 1. The molecule has 0 aromatic heterocycles. The first-order valence-electron chi connectivity index (χ1n) is 9.07. The molecule has 0 bridgehead atoms. The third-order valence-electron chi connectivity index (χ3n) is 4.34. The van der Waals surface area contributed by atoms with Gasteiger partial charge in [0.05, 0.1) is 0 Å². The molecule has 0 aliphatic heterocycles. The monoisotopic (exact) mass is 402 g/mol. The Morgan fingerprint density at radius 3 is 1.91 bits per heavy atom. The lowest BCUT2D eigenvalue weighted by Crippen LogP contribution is -3.00. The molecule has 0 aliphatic rings. The first-order valence-corrected chi connectivity index (χ1v) is 10.9. The minimum Gasteiger partial charge on any atom is -1.00 e. The lowest BCUT2D eigenvalue weighted by molar-refractivity contribution is -0.00000598. The topological polar surface area (TPSA) is 20.2 Å². The molecular formula is C20H35BrOS. The van der Waals surface area contributed by atoms with Gasteiger partial charge in [0.25, 0.3) is 0 Å². The molecule has 1 nitrogen and oxygen atoms in total. The molecule has 0 fully saturated rings. The van der Waals surface area contributed by atoms with E-state index in [1.807, 2.05) is 12.1 Å². The molecule has 1 rings (SSSR count). The van der Waals surface area contributed by atoms with Crippen LogP contribution in [0.4, 0.5) is 0 Å². The van der Waals surface area contributed by atoms with E-state index in [-0.39, 0.29) is 17.0 Å². The molecule has 0 saturated heterocycles. The quantitative estimate of drug-likeness (QED) is 0.420. The molecule has 0 radical (unpaired) electrons. The number of aromatic hydroxyl groups is 1. The smallest absolute Gasteiger partial charge is 0.157 e. The zero-order valence-electron chi connectivity index (χ0n) is 15.2. The Labute approximate surface area is 157 Å². The number of rotatable bonds is 12. The highest BCUT2D eigenvalue weighted by atomic mass is 79.9. The molecule has 1 aromatic rings. The van der Waals surface area contributed by atoms with Gasteiger partial charge >= 0.3 is 0 Å². The molecule has 1 aromatic carbocycles. The van der Waals surface area contributed by atoms with E-state index in [1.54, 1.807) is 0 Å². The second-order valence-electron chi connectivity index (χ2n) is 6.47. The lowest BCUT2D eigenvalue weighted by atomic mass is 10.1. The summed E-state index contributed by atoms with van der Waals surface area (Å²) in [5.41, 5.74) is 1.23. The highest BCUT2D eigenvalue weighted by Gasteiger charge is 2.17. The van der Waals surface area contributed by atoms with Crippen molar-refractivity contribution in [3.63, 3.8) is 0 Å². The molecule has 1 N–H and O–H groups in total. The fourth-order valence-corrected chi connectivity index (χ4v) is 4.71. The number of halogens is 1. The Hall–Kier alpha value is -0.150. The van der Waals surface area contributed by atoms with Crippen molar-refractivity contribution in [1.29, 1.82) is 0 Å². The van der Waals surface area contributed by atoms with E-state index in [1.165, 1.54) is 80.4 Å². The number of aryl methyl sites for hydroxylation is 1. The van der Waals surface area contributed by atoms with E-state index in [9.17, 15) is 5.11 Å². The Bertz CT molecular complexity index is 409. The number of hydrogen-bond acceptors (Lipinski definition) is 1. The predicted octanol–water partition coefficient (Wildman–Crippen LogP) is 3.23. The largest absolute Gasteiger partial charge is 1.00 e. The van der Waals surface area contributed by atoms with Gasteiger partial charge in [-0.2, -0.15) is 0 Å². The molecule has 134 valence electrons. The van der Waals surface area contributed by atoms with Gasteiger partial charge in [-0.25, -0.2) is 0 Å². The van der Waals surface area contributed by atoms with Crippen molar-refractivity contribution in [3.05, 3.63) is 23.8 Å². The third-order valence-corrected chi connectivity index (χ3v) is 6.45. The van der Waals surface area contributed by atoms with Crippen molar-refractivity contribution < 1.29 is 22.1 Å². The van der Waals surface area contributed by atoms with Crippen LogP contribution in [-0.4, -0.2) is 17.1 Å². The van der Waals surface area contributed by atoms with Crippen molar-refractivity contribution in [2.75, 3.05) is 12.0 Å². The van der Waals surface area contributed by atoms with Crippen molar-refractivity contribution in [1.82, 2.24) is 0 Å². The highest BCUT2D eigenvalue weighted by Crippen LogP contribution is 2.22. The van der Waals surface area contributed by atoms with Gasteiger partial charge in [-0.05, 0) is 38.0 Å². The molecular weight excluding hydrogens is 368 g/mol. The van der Waals surface area contributed by atoms with E-state index in [0.29, 0.717) is 16.6 Å². The average molecular weight is 403 g/mol. The maximum absolute atomic E-state index is 9.49. The van der Waals surface area contributed by atoms with Crippen molar-refractivity contribution >= 4 is 10.9 Å². The van der Waals surface area contributed by atoms with Crippen LogP contribution >= 0.6 is 0 Å². The minimum atomic E-state index is 0. The van der Waals surface area contributed by atoms with E-state index in [4.69, 9.17) is 0 Å². The van der Waals surface area contributed by atoms with Crippen LogP contribution in [0.5, 0.6) is 5.75 Å². The molecule has 23 heavy (non-hydrogen) atoms. The fourth-order valence-electron chi connectivity index (χ4n) is 2.94. The van der Waals surface area contributed by atoms with Crippen LogP contribution in [0.3, 0.4) is 0 Å². The van der Waals surface area contributed by atoms with E-state index in [0.717, 1.165) is 0 Å². The Morgan fingerprint density at radius 1 is 0.870 bits per heavy atom. The van der Waals surface area contributed by atoms with Crippen LogP contribution in [0.1, 0.15) is 76.7 Å². The highest BCUT2D eigenvalue weighted by molar-refractivity contribution is 7.96. The molecule has 1 unspecified atom stereocenters. The molecule has 0 aliphatic carbocycles. The number of hydrogen-bond donors (Lipinski definition) is 1. The predicted molar refractivity (Wildman–Crippen MR) is 101 cm³/mol. The van der Waals surface area contributed by atoms with Crippen LogP contribution in [0.15, 0.2) is 23.1 Å². The van der Waals surface area contributed by atoms with Gasteiger partial charge in [0, 0.05) is 16.5 Å². The summed E-state index contributed by atoms with van der Waals surface area (Å²) in [6, 6.07) is 5.81. The summed E-state index contributed by atoms with van der Waals surface area (Å²) in [6.45, 7) is 4.39. The number of phenols is 1. The van der Waals surface area contributed by atoms with Gasteiger partial charge in [-0.3, -0.25) is 0 Å². The summed E-state index contributed by atoms with van der Waals surface area (Å²) >= 11 is 0. The summed E-state index contributed by atoms with van der Waals surface area (Å²) in [4.78, 5) is 1.42. The Kier molecular flexibility index (Phi) is 14.1. The van der Waals surface area contributed by atoms with Crippen molar-refractivity contribution in [3.8, 4) is 5.75 Å². The molecule has 1 atom stereocenters. The van der Waals surface area contributed by atoms with Gasteiger partial charge in [0.2, 0.25) is 0 Å². The summed E-state index contributed by atoms with van der Waals surface area (Å²) in [5, 5.41) is 9.49. The maximum Gasteiger partial charge on any atom is 0.157 e. The van der Waals surface area contributed by atoms with Gasteiger partial charge < -0.3 is 22.1 Å².